The molecule has 1 amide bonds. The summed E-state index contributed by atoms with van der Waals surface area (Å²) >= 11 is 0. The minimum Gasteiger partial charge on any atom is -0.756 e. The number of aliphatic hydroxyl groups excluding tert-OH is 1. The molecule has 9 heteroatoms. The van der Waals surface area contributed by atoms with Crippen LogP contribution < -0.4 is 10.2 Å². The highest BCUT2D eigenvalue weighted by Gasteiger charge is 2.23. The van der Waals surface area contributed by atoms with Gasteiger partial charge < -0.3 is 28.8 Å². The maximum Gasteiger partial charge on any atom is 0.268 e. The quantitative estimate of drug-likeness (QED) is 0.0272. The van der Waals surface area contributed by atoms with E-state index in [4.69, 9.17) is 9.05 Å². The van der Waals surface area contributed by atoms with E-state index >= 15 is 0 Å². The van der Waals surface area contributed by atoms with Gasteiger partial charge >= 0.3 is 0 Å². The van der Waals surface area contributed by atoms with E-state index in [-0.39, 0.29) is 12.5 Å². The molecule has 0 radical (unpaired) electrons. The fourth-order valence-electron chi connectivity index (χ4n) is 10.5. The van der Waals surface area contributed by atoms with Gasteiger partial charge in [-0.25, -0.2) is 0 Å². The van der Waals surface area contributed by atoms with Crippen LogP contribution in [0.15, 0.2) is 122 Å². The van der Waals surface area contributed by atoms with Crippen molar-refractivity contribution in [3.63, 3.8) is 0 Å². The fraction of sp³-hybridized carbons (Fsp3) is 0.734. The molecule has 0 spiro atoms. The van der Waals surface area contributed by atoms with Crippen LogP contribution in [0.2, 0.25) is 0 Å². The average molecular weight is 1250 g/mol. The molecule has 3 atom stereocenters. The highest BCUT2D eigenvalue weighted by Crippen LogP contribution is 2.38. The first-order valence-electron chi connectivity index (χ1n) is 36.9. The molecule has 0 saturated carbocycles. The molecule has 0 heterocycles. The Labute approximate surface area is 545 Å². The Balaban J connectivity index is 4.11. The molecule has 0 aliphatic heterocycles. The zero-order valence-electron chi connectivity index (χ0n) is 58.1. The summed E-state index contributed by atoms with van der Waals surface area (Å²) in [5.74, 6) is -0.210. The highest BCUT2D eigenvalue weighted by atomic mass is 31.2. The molecule has 0 aromatic rings. The SMILES string of the molecule is CC/C=C\C/C=C\C/C=C\C/C=C\C/C=C\C/C=C\C/C=C\C/C=C\CCCCCCCCCCCCCCC(=O)NC(COP(=O)([O-])OCC[N+](C)(C)C)C(O)/C=C/CC/C=C/CCCCCCCCCCCCCCCCCCCCCCCCC. The van der Waals surface area contributed by atoms with Crippen LogP contribution in [0.25, 0.3) is 0 Å². The Kier molecular flexibility index (Phi) is 65.9. The Morgan fingerprint density at radius 2 is 0.705 bits per heavy atom. The number of likely N-dealkylation sites (N-methyl/N-ethyl adjacent to an activating group) is 1. The Hall–Kier alpha value is -3.10. The molecule has 8 nitrogen and oxygen atoms in total. The van der Waals surface area contributed by atoms with Crippen molar-refractivity contribution in [1.82, 2.24) is 5.32 Å². The van der Waals surface area contributed by atoms with Gasteiger partial charge in [-0.1, -0.05) is 341 Å². The standard InChI is InChI=1S/C79H141N2O6P/c1-6-8-10-12-14-16-18-20-22-24-26-28-30-32-34-36-37-38-39-40-41-42-43-45-47-49-51-53-55-57-59-61-63-65-67-69-71-73-79(83)80-77(76-87-88(84,85)86-75-74-81(3,4)5)78(82)72-70-68-66-64-62-60-58-56-54-52-50-48-46-44-35-33-31-29-27-25-23-21-19-17-15-13-11-9-7-2/h8,10,14,16,20,22,26,28,32,34,37-38,40-41,43,45,62,64,70,72,77-78,82H,6-7,9,11-13,15,17-19,21,23-25,27,29-31,33,35-36,39,42,44,46-61,63,65-69,71,73-76H2,1-5H3,(H-,80,83,84,85)/b10-8-,16-14-,22-20-,28-26-,34-32-,38-37-,41-40-,45-43-,64-62+,72-70+. The van der Waals surface area contributed by atoms with Crippen LogP contribution in [0, 0.1) is 0 Å². The van der Waals surface area contributed by atoms with Crippen LogP contribution in [-0.2, 0) is 18.4 Å². The van der Waals surface area contributed by atoms with E-state index < -0.39 is 26.6 Å². The average Bonchev–Trinajstić information content (AvgIpc) is 3.70. The number of phosphoric ester groups is 1. The van der Waals surface area contributed by atoms with Gasteiger partial charge in [0.1, 0.15) is 13.2 Å². The second-order valence-electron chi connectivity index (χ2n) is 25.9. The van der Waals surface area contributed by atoms with Crippen LogP contribution in [0.3, 0.4) is 0 Å². The molecule has 88 heavy (non-hydrogen) atoms. The molecule has 0 saturated heterocycles. The van der Waals surface area contributed by atoms with Crippen molar-refractivity contribution >= 4 is 13.7 Å². The van der Waals surface area contributed by atoms with Crippen LogP contribution in [0.4, 0.5) is 0 Å². The van der Waals surface area contributed by atoms with Gasteiger partial charge in [-0.3, -0.25) is 9.36 Å². The van der Waals surface area contributed by atoms with Crippen LogP contribution >= 0.6 is 7.82 Å². The molecule has 0 aromatic heterocycles. The fourth-order valence-corrected chi connectivity index (χ4v) is 11.2. The molecule has 3 unspecified atom stereocenters. The lowest BCUT2D eigenvalue weighted by Gasteiger charge is -2.29. The molecule has 508 valence electrons. The number of carbonyl (C=O) groups excluding carboxylic acids is 1. The molecule has 0 aliphatic carbocycles. The van der Waals surface area contributed by atoms with Gasteiger partial charge in [0.15, 0.2) is 0 Å². The van der Waals surface area contributed by atoms with Crippen molar-refractivity contribution < 1.29 is 32.9 Å². The predicted molar refractivity (Wildman–Crippen MR) is 385 cm³/mol. The summed E-state index contributed by atoms with van der Waals surface area (Å²) in [6.45, 7) is 4.54. The lowest BCUT2D eigenvalue weighted by molar-refractivity contribution is -0.870. The topological polar surface area (TPSA) is 108 Å². The number of nitrogens with one attached hydrogen (secondary N) is 1. The molecular formula is C79H141N2O6P. The number of aliphatic hydroxyl groups is 1. The number of quaternary nitrogens is 1. The number of phosphoric acid groups is 1. The number of hydrogen-bond donors (Lipinski definition) is 2. The van der Waals surface area contributed by atoms with E-state index in [0.717, 1.165) is 89.9 Å². The van der Waals surface area contributed by atoms with Gasteiger partial charge in [0.25, 0.3) is 7.82 Å². The van der Waals surface area contributed by atoms with Crippen molar-refractivity contribution in [2.45, 2.75) is 334 Å². The number of hydrogen-bond acceptors (Lipinski definition) is 6. The molecule has 0 bridgehead atoms. The van der Waals surface area contributed by atoms with Gasteiger partial charge in [-0.15, -0.1) is 0 Å². The van der Waals surface area contributed by atoms with Crippen LogP contribution in [0.1, 0.15) is 322 Å². The predicted octanol–water partition coefficient (Wildman–Crippen LogP) is 23.4. The minimum atomic E-state index is -4.62. The minimum absolute atomic E-state index is 0.0112. The molecule has 0 aromatic carbocycles. The zero-order chi connectivity index (χ0) is 64.1. The summed E-state index contributed by atoms with van der Waals surface area (Å²) < 4.78 is 23.5. The normalized spacial score (nSPS) is 14.3. The third-order valence-electron chi connectivity index (χ3n) is 16.2. The van der Waals surface area contributed by atoms with Crippen molar-refractivity contribution in [3.8, 4) is 0 Å². The first kappa shape index (κ1) is 84.9. The van der Waals surface area contributed by atoms with Crippen molar-refractivity contribution in [1.29, 1.82) is 0 Å². The smallest absolute Gasteiger partial charge is 0.268 e. The van der Waals surface area contributed by atoms with Crippen molar-refractivity contribution in [2.75, 3.05) is 40.9 Å². The van der Waals surface area contributed by atoms with Gasteiger partial charge in [0.05, 0.1) is 39.9 Å². The van der Waals surface area contributed by atoms with E-state index in [1.165, 1.54) is 212 Å². The van der Waals surface area contributed by atoms with Crippen LogP contribution in [0.5, 0.6) is 0 Å². The maximum atomic E-state index is 13.1. The second-order valence-corrected chi connectivity index (χ2v) is 27.3. The van der Waals surface area contributed by atoms with Crippen molar-refractivity contribution in [3.05, 3.63) is 122 Å². The van der Waals surface area contributed by atoms with E-state index in [0.29, 0.717) is 17.4 Å². The number of unbranched alkanes of at least 4 members (excludes halogenated alkanes) is 36. The Bertz CT molecular complexity index is 1850. The number of allylic oxidation sites excluding steroid dienone is 19. The largest absolute Gasteiger partial charge is 0.756 e. The van der Waals surface area contributed by atoms with Gasteiger partial charge in [0, 0.05) is 6.42 Å². The van der Waals surface area contributed by atoms with E-state index in [9.17, 15) is 19.4 Å². The molecule has 2 N–H and O–H groups in total. The number of amides is 1. The van der Waals surface area contributed by atoms with Crippen molar-refractivity contribution in [2.24, 2.45) is 0 Å². The lowest BCUT2D eigenvalue weighted by Crippen LogP contribution is -2.45. The highest BCUT2D eigenvalue weighted by molar-refractivity contribution is 7.45. The number of carbonyl (C=O) groups is 1. The molecule has 0 rings (SSSR count). The van der Waals surface area contributed by atoms with Gasteiger partial charge in [-0.2, -0.15) is 0 Å². The van der Waals surface area contributed by atoms with E-state index in [1.54, 1.807) is 6.08 Å². The first-order valence-corrected chi connectivity index (χ1v) is 38.4. The van der Waals surface area contributed by atoms with Gasteiger partial charge in [0.2, 0.25) is 5.91 Å². The summed E-state index contributed by atoms with van der Waals surface area (Å²) in [7, 11) is 1.24. The third-order valence-corrected chi connectivity index (χ3v) is 17.1. The van der Waals surface area contributed by atoms with E-state index in [1.807, 2.05) is 27.2 Å². The monoisotopic (exact) mass is 1250 g/mol. The number of nitrogens with zero attached hydrogens (tertiary/aromatic N) is 1. The maximum absolute atomic E-state index is 13.1. The Morgan fingerprint density at radius 1 is 0.409 bits per heavy atom. The summed E-state index contributed by atoms with van der Waals surface area (Å²) in [6.07, 6.45) is 102. The third kappa shape index (κ3) is 70.4. The number of rotatable bonds is 67. The summed E-state index contributed by atoms with van der Waals surface area (Å²) in [4.78, 5) is 25.7. The molecule has 0 fully saturated rings. The molecule has 0 aliphatic rings. The summed E-state index contributed by atoms with van der Waals surface area (Å²) in [5, 5.41) is 14.0. The zero-order valence-corrected chi connectivity index (χ0v) is 59.0. The van der Waals surface area contributed by atoms with E-state index in [2.05, 4.69) is 129 Å². The first-order chi connectivity index (χ1) is 43.0. The molecular weight excluding hydrogens is 1100 g/mol. The Morgan fingerprint density at radius 3 is 1.06 bits per heavy atom. The lowest BCUT2D eigenvalue weighted by atomic mass is 10.0. The summed E-state index contributed by atoms with van der Waals surface area (Å²) in [6, 6.07) is -0.914. The second kappa shape index (κ2) is 68.3. The van der Waals surface area contributed by atoms with Gasteiger partial charge in [-0.05, 0) is 96.3 Å². The van der Waals surface area contributed by atoms with Crippen LogP contribution in [-0.4, -0.2) is 68.5 Å². The summed E-state index contributed by atoms with van der Waals surface area (Å²) in [5.41, 5.74) is 0.